The minimum Gasteiger partial charge on any atom is -0.495 e. The van der Waals surface area contributed by atoms with Gasteiger partial charge in [-0.05, 0) is 110 Å². The molecule has 0 radical (unpaired) electrons. The number of nitrogens with one attached hydrogen (secondary N) is 2. The lowest BCUT2D eigenvalue weighted by Crippen LogP contribution is -2.48. The van der Waals surface area contributed by atoms with Gasteiger partial charge in [-0.25, -0.2) is 0 Å². The zero-order valence-electron chi connectivity index (χ0n) is 28.1. The highest BCUT2D eigenvalue weighted by atomic mass is 32.2. The van der Waals surface area contributed by atoms with E-state index in [1.807, 2.05) is 36.4 Å². The molecule has 48 heavy (non-hydrogen) atoms. The summed E-state index contributed by atoms with van der Waals surface area (Å²) in [7, 11) is 3.31. The Morgan fingerprint density at radius 2 is 0.958 bits per heavy atom. The van der Waals surface area contributed by atoms with E-state index in [-0.39, 0.29) is 23.7 Å². The van der Waals surface area contributed by atoms with Gasteiger partial charge in [-0.3, -0.25) is 9.59 Å². The summed E-state index contributed by atoms with van der Waals surface area (Å²) in [5.74, 6) is 9.19. The molecular formula is C38H48N2O4S4. The molecule has 4 saturated carbocycles. The highest BCUT2D eigenvalue weighted by Gasteiger charge is 2.56. The van der Waals surface area contributed by atoms with Crippen LogP contribution in [0.3, 0.4) is 0 Å². The van der Waals surface area contributed by atoms with E-state index in [4.69, 9.17) is 9.47 Å². The SMILES string of the molecule is COc1cc(-c2ccc(NC(=O)C3CC4CCCC(C3)C43SCCS3)c(OC)c2)ccc1NC(=O)C1CC2CCCC(C1)C21SCCS1. The number of thioether (sulfide) groups is 4. The van der Waals surface area contributed by atoms with Crippen molar-refractivity contribution in [2.75, 3.05) is 47.9 Å². The quantitative estimate of drug-likeness (QED) is 0.293. The number of carbonyl (C=O) groups is 2. The molecule has 8 rings (SSSR count). The number of anilines is 2. The van der Waals surface area contributed by atoms with Gasteiger partial charge in [-0.1, -0.05) is 25.0 Å². The Hall–Kier alpha value is -1.62. The molecule has 2 aromatic rings. The first-order valence-electron chi connectivity index (χ1n) is 18.0. The Bertz CT molecular complexity index is 1400. The van der Waals surface area contributed by atoms with E-state index in [1.165, 1.54) is 61.5 Å². The molecule has 2 heterocycles. The number of hydrogen-bond donors (Lipinski definition) is 2. The maximum atomic E-state index is 13.6. The average molecular weight is 725 g/mol. The van der Waals surface area contributed by atoms with Crippen molar-refractivity contribution in [3.63, 3.8) is 0 Å². The summed E-state index contributed by atoms with van der Waals surface area (Å²) in [6, 6.07) is 11.9. The van der Waals surface area contributed by atoms with Crippen molar-refractivity contribution >= 4 is 70.2 Å². The van der Waals surface area contributed by atoms with E-state index < -0.39 is 0 Å². The van der Waals surface area contributed by atoms with Crippen LogP contribution >= 0.6 is 47.0 Å². The molecule has 2 aromatic carbocycles. The van der Waals surface area contributed by atoms with Gasteiger partial charge in [0.2, 0.25) is 11.8 Å². The van der Waals surface area contributed by atoms with Crippen LogP contribution in [0.4, 0.5) is 11.4 Å². The van der Waals surface area contributed by atoms with E-state index in [0.29, 0.717) is 54.7 Å². The van der Waals surface area contributed by atoms with Crippen LogP contribution in [0.2, 0.25) is 0 Å². The van der Waals surface area contributed by atoms with Crippen molar-refractivity contribution < 1.29 is 19.1 Å². The van der Waals surface area contributed by atoms with Crippen LogP contribution in [0.1, 0.15) is 64.2 Å². The van der Waals surface area contributed by atoms with Crippen molar-refractivity contribution in [2.45, 2.75) is 72.4 Å². The Balaban J connectivity index is 0.937. The Kier molecular flexibility index (Phi) is 9.66. The van der Waals surface area contributed by atoms with Gasteiger partial charge in [0.15, 0.2) is 0 Å². The third-order valence-electron chi connectivity index (χ3n) is 12.2. The minimum absolute atomic E-state index is 0.0546. The molecule has 4 unspecified atom stereocenters. The summed E-state index contributed by atoms with van der Waals surface area (Å²) in [5, 5.41) is 6.48. The fraction of sp³-hybridized carbons (Fsp3) is 0.632. The highest BCUT2D eigenvalue weighted by molar-refractivity contribution is 8.21. The first-order valence-corrected chi connectivity index (χ1v) is 21.9. The van der Waals surface area contributed by atoms with Crippen LogP contribution in [-0.2, 0) is 9.59 Å². The number of amides is 2. The third kappa shape index (κ3) is 5.96. The Labute approximate surface area is 302 Å². The monoisotopic (exact) mass is 724 g/mol. The molecule has 2 amide bonds. The average Bonchev–Trinajstić information content (AvgIpc) is 3.76. The molecule has 258 valence electrons. The molecule has 6 aliphatic rings. The van der Waals surface area contributed by atoms with Gasteiger partial charge in [0, 0.05) is 34.8 Å². The second-order valence-corrected chi connectivity index (χ2v) is 20.6. The Morgan fingerprint density at radius 1 is 0.604 bits per heavy atom. The molecule has 2 N–H and O–H groups in total. The second-order valence-electron chi connectivity index (χ2n) is 14.6. The summed E-state index contributed by atoms with van der Waals surface area (Å²) in [4.78, 5) is 27.3. The van der Waals surface area contributed by atoms with Gasteiger partial charge in [0.1, 0.15) is 11.5 Å². The summed E-state index contributed by atoms with van der Waals surface area (Å²) >= 11 is 8.72. The fourth-order valence-electron chi connectivity index (χ4n) is 10.1. The standard InChI is InChI=1S/C38H48N2O4S4/c1-43-33-21-23(9-11-31(33)39-35(41)25-17-27-5-3-6-28(18-25)37(27)45-13-14-46-37)24-10-12-32(34(22-24)44-2)40-36(42)26-19-29-7-4-8-30(20-26)38(29)47-15-16-48-38/h9-12,21-22,25-30H,3-8,13-20H2,1-2H3,(H,39,41)(H,40,42). The highest BCUT2D eigenvalue weighted by Crippen LogP contribution is 2.65. The first-order chi connectivity index (χ1) is 23.4. The molecule has 2 aliphatic heterocycles. The lowest BCUT2D eigenvalue weighted by molar-refractivity contribution is -0.123. The molecule has 0 aromatic heterocycles. The third-order valence-corrected chi connectivity index (χ3v) is 20.3. The molecule has 4 atom stereocenters. The van der Waals surface area contributed by atoms with Crippen molar-refractivity contribution in [2.24, 2.45) is 35.5 Å². The van der Waals surface area contributed by atoms with E-state index in [9.17, 15) is 9.59 Å². The van der Waals surface area contributed by atoms with Crippen LogP contribution in [0, 0.1) is 35.5 Å². The lowest BCUT2D eigenvalue weighted by Gasteiger charge is -2.52. The summed E-state index contributed by atoms with van der Waals surface area (Å²) in [5.41, 5.74) is 3.35. The molecule has 6 nitrogen and oxygen atoms in total. The van der Waals surface area contributed by atoms with E-state index >= 15 is 0 Å². The molecule has 6 fully saturated rings. The topological polar surface area (TPSA) is 76.7 Å². The molecule has 2 saturated heterocycles. The minimum atomic E-state index is 0.0546. The van der Waals surface area contributed by atoms with Crippen molar-refractivity contribution in [1.29, 1.82) is 0 Å². The van der Waals surface area contributed by atoms with Crippen LogP contribution < -0.4 is 20.1 Å². The summed E-state index contributed by atoms with van der Waals surface area (Å²) in [6.07, 6.45) is 11.6. The van der Waals surface area contributed by atoms with Gasteiger partial charge in [0.05, 0.1) is 33.8 Å². The zero-order valence-corrected chi connectivity index (χ0v) is 31.4. The van der Waals surface area contributed by atoms with Crippen molar-refractivity contribution in [1.82, 2.24) is 0 Å². The molecular weight excluding hydrogens is 677 g/mol. The second kappa shape index (κ2) is 13.8. The molecule has 10 heteroatoms. The zero-order chi connectivity index (χ0) is 32.9. The van der Waals surface area contributed by atoms with Gasteiger partial charge in [-0.2, -0.15) is 0 Å². The van der Waals surface area contributed by atoms with Gasteiger partial charge < -0.3 is 20.1 Å². The van der Waals surface area contributed by atoms with Crippen LogP contribution in [-0.4, -0.2) is 57.2 Å². The van der Waals surface area contributed by atoms with E-state index in [1.54, 1.807) is 14.2 Å². The Morgan fingerprint density at radius 3 is 1.29 bits per heavy atom. The maximum Gasteiger partial charge on any atom is 0.227 e. The molecule has 4 bridgehead atoms. The number of rotatable bonds is 7. The fourth-order valence-corrected chi connectivity index (χ4v) is 17.9. The molecule has 2 spiro atoms. The van der Waals surface area contributed by atoms with E-state index in [2.05, 4.69) is 57.7 Å². The number of ether oxygens (including phenoxy) is 2. The van der Waals surface area contributed by atoms with E-state index in [0.717, 1.165) is 36.8 Å². The maximum absolute atomic E-state index is 13.6. The first kappa shape index (κ1) is 33.5. The number of hydrogen-bond acceptors (Lipinski definition) is 8. The predicted octanol–water partition coefficient (Wildman–Crippen LogP) is 9.25. The van der Waals surface area contributed by atoms with Gasteiger partial charge >= 0.3 is 0 Å². The lowest BCUT2D eigenvalue weighted by atomic mass is 9.67. The van der Waals surface area contributed by atoms with Crippen molar-refractivity contribution in [3.05, 3.63) is 36.4 Å². The summed E-state index contributed by atoms with van der Waals surface area (Å²) < 4.78 is 12.3. The van der Waals surface area contributed by atoms with Gasteiger partial charge in [0.25, 0.3) is 0 Å². The van der Waals surface area contributed by atoms with Crippen molar-refractivity contribution in [3.8, 4) is 22.6 Å². The predicted molar refractivity (Wildman–Crippen MR) is 205 cm³/mol. The number of benzene rings is 2. The molecule has 4 aliphatic carbocycles. The van der Waals surface area contributed by atoms with Gasteiger partial charge in [-0.15, -0.1) is 47.0 Å². The number of carbonyl (C=O) groups excluding carboxylic acids is 2. The smallest absolute Gasteiger partial charge is 0.227 e. The summed E-state index contributed by atoms with van der Waals surface area (Å²) in [6.45, 7) is 0. The van der Waals surface area contributed by atoms with Crippen LogP contribution in [0.5, 0.6) is 11.5 Å². The van der Waals surface area contributed by atoms with Crippen LogP contribution in [0.15, 0.2) is 36.4 Å². The normalized spacial score (nSPS) is 31.4. The van der Waals surface area contributed by atoms with Crippen LogP contribution in [0.25, 0.3) is 11.1 Å². The largest absolute Gasteiger partial charge is 0.495 e. The number of methoxy groups -OCH3 is 2.